The number of nitrogens with zero attached hydrogens (tertiary/aromatic N) is 2. The molecule has 1 fully saturated rings. The average Bonchev–Trinajstić information content (AvgIpc) is 2.97. The predicted molar refractivity (Wildman–Crippen MR) is 93.2 cm³/mol. The number of hydrogen-bond acceptors (Lipinski definition) is 2. The summed E-state index contributed by atoms with van der Waals surface area (Å²) in [6, 6.07) is 4.26. The Kier molecular flexibility index (Phi) is 4.53. The summed E-state index contributed by atoms with van der Waals surface area (Å²) in [4.78, 5) is 10.3. The third kappa shape index (κ3) is 2.79. The highest BCUT2D eigenvalue weighted by Crippen LogP contribution is 2.44. The van der Waals surface area contributed by atoms with E-state index in [0.717, 1.165) is 5.65 Å². The van der Waals surface area contributed by atoms with Crippen molar-refractivity contribution in [2.24, 2.45) is 0 Å². The fourth-order valence-electron chi connectivity index (χ4n) is 4.21. The number of H-pyrrole nitrogens is 1. The van der Waals surface area contributed by atoms with Crippen molar-refractivity contribution in [2.75, 3.05) is 14.1 Å². The molecule has 3 nitrogen and oxygen atoms in total. The Morgan fingerprint density at radius 3 is 2.77 bits per heavy atom. The molecule has 1 aliphatic carbocycles. The number of pyridine rings is 1. The minimum absolute atomic E-state index is 0.427. The fourth-order valence-corrected chi connectivity index (χ4v) is 4.21. The van der Waals surface area contributed by atoms with E-state index in [9.17, 15) is 0 Å². The third-order valence-corrected chi connectivity index (χ3v) is 5.78. The van der Waals surface area contributed by atoms with Gasteiger partial charge >= 0.3 is 0 Å². The van der Waals surface area contributed by atoms with E-state index in [4.69, 9.17) is 0 Å². The van der Waals surface area contributed by atoms with Crippen LogP contribution in [0.25, 0.3) is 11.0 Å². The van der Waals surface area contributed by atoms with Crippen LogP contribution in [0.4, 0.5) is 0 Å². The molecule has 1 aliphatic rings. The second-order valence-corrected chi connectivity index (χ2v) is 7.14. The molecule has 1 saturated carbocycles. The van der Waals surface area contributed by atoms with Gasteiger partial charge in [-0.3, -0.25) is 0 Å². The summed E-state index contributed by atoms with van der Waals surface area (Å²) in [6.07, 6.45) is 13.3. The molecule has 0 unspecified atom stereocenters. The molecule has 2 heterocycles. The monoisotopic (exact) mass is 299 g/mol. The van der Waals surface area contributed by atoms with E-state index in [1.807, 2.05) is 12.3 Å². The number of hydrogen-bond donors (Lipinski definition) is 1. The van der Waals surface area contributed by atoms with Gasteiger partial charge in [-0.05, 0) is 69.8 Å². The van der Waals surface area contributed by atoms with Gasteiger partial charge in [-0.2, -0.15) is 0 Å². The standard InChI is InChI=1S/C19H29N3/c1-4-5-10-19(22(2)3)11-8-15(9-12-19)17-14-21-18-16(17)7-6-13-20-18/h6-7,13-15H,4-5,8-12H2,1-3H3,(H,20,21). The maximum Gasteiger partial charge on any atom is 0.137 e. The fraction of sp³-hybridized carbons (Fsp3) is 0.632. The van der Waals surface area contributed by atoms with Crippen molar-refractivity contribution in [1.29, 1.82) is 0 Å². The van der Waals surface area contributed by atoms with Gasteiger partial charge in [-0.25, -0.2) is 4.98 Å². The normalized spacial score (nSPS) is 25.9. The second kappa shape index (κ2) is 6.41. The Labute approximate surface area is 134 Å². The first-order chi connectivity index (χ1) is 10.7. The molecule has 0 bridgehead atoms. The second-order valence-electron chi connectivity index (χ2n) is 7.14. The van der Waals surface area contributed by atoms with Gasteiger partial charge in [0.05, 0.1) is 0 Å². The lowest BCUT2D eigenvalue weighted by atomic mass is 9.71. The first-order valence-electron chi connectivity index (χ1n) is 8.76. The molecule has 0 aromatic carbocycles. The number of fused-ring (bicyclic) bond motifs is 1. The molecular weight excluding hydrogens is 270 g/mol. The number of rotatable bonds is 5. The van der Waals surface area contributed by atoms with Gasteiger partial charge in [0.1, 0.15) is 5.65 Å². The molecule has 2 aromatic rings. The van der Waals surface area contributed by atoms with Crippen LogP contribution in [0.5, 0.6) is 0 Å². The van der Waals surface area contributed by atoms with E-state index < -0.39 is 0 Å². The predicted octanol–water partition coefficient (Wildman–Crippen LogP) is 4.71. The molecule has 22 heavy (non-hydrogen) atoms. The highest BCUT2D eigenvalue weighted by molar-refractivity contribution is 5.80. The summed E-state index contributed by atoms with van der Waals surface area (Å²) < 4.78 is 0. The first-order valence-corrected chi connectivity index (χ1v) is 8.76. The van der Waals surface area contributed by atoms with E-state index in [-0.39, 0.29) is 0 Å². The SMILES string of the molecule is CCCCC1(N(C)C)CCC(c2c[nH]c3ncccc23)CC1. The molecular formula is C19H29N3. The van der Waals surface area contributed by atoms with Gasteiger partial charge in [0.2, 0.25) is 0 Å². The van der Waals surface area contributed by atoms with Crippen LogP contribution in [0.1, 0.15) is 63.4 Å². The molecule has 1 N–H and O–H groups in total. The highest BCUT2D eigenvalue weighted by Gasteiger charge is 2.37. The molecule has 0 saturated heterocycles. The van der Waals surface area contributed by atoms with E-state index in [2.05, 4.69) is 48.2 Å². The summed E-state index contributed by atoms with van der Waals surface area (Å²) in [6.45, 7) is 2.30. The maximum atomic E-state index is 4.43. The number of unbranched alkanes of at least 4 members (excludes halogenated alkanes) is 1. The van der Waals surface area contributed by atoms with Crippen molar-refractivity contribution in [2.45, 2.75) is 63.3 Å². The van der Waals surface area contributed by atoms with Gasteiger partial charge in [-0.15, -0.1) is 0 Å². The van der Waals surface area contributed by atoms with E-state index in [1.165, 1.54) is 55.9 Å². The smallest absolute Gasteiger partial charge is 0.137 e. The third-order valence-electron chi connectivity index (χ3n) is 5.78. The van der Waals surface area contributed by atoms with Crippen molar-refractivity contribution in [1.82, 2.24) is 14.9 Å². The number of aromatic amines is 1. The summed E-state index contributed by atoms with van der Waals surface area (Å²) in [5.74, 6) is 0.688. The van der Waals surface area contributed by atoms with Gasteiger partial charge in [0.15, 0.2) is 0 Å². The molecule has 120 valence electrons. The van der Waals surface area contributed by atoms with Crippen molar-refractivity contribution in [3.8, 4) is 0 Å². The van der Waals surface area contributed by atoms with E-state index >= 15 is 0 Å². The summed E-state index contributed by atoms with van der Waals surface area (Å²) in [5, 5.41) is 1.32. The summed E-state index contributed by atoms with van der Waals surface area (Å²) in [5.41, 5.74) is 2.94. The quantitative estimate of drug-likeness (QED) is 0.867. The van der Waals surface area contributed by atoms with Crippen LogP contribution in [0.3, 0.4) is 0 Å². The number of nitrogens with one attached hydrogen (secondary N) is 1. The summed E-state index contributed by atoms with van der Waals surface area (Å²) in [7, 11) is 4.54. The van der Waals surface area contributed by atoms with Crippen LogP contribution in [0, 0.1) is 0 Å². The highest BCUT2D eigenvalue weighted by atomic mass is 15.1. The molecule has 0 aliphatic heterocycles. The molecule has 3 rings (SSSR count). The Morgan fingerprint density at radius 1 is 1.32 bits per heavy atom. The Morgan fingerprint density at radius 2 is 2.09 bits per heavy atom. The lowest BCUT2D eigenvalue weighted by Gasteiger charge is -2.45. The Hall–Kier alpha value is -1.35. The van der Waals surface area contributed by atoms with Crippen molar-refractivity contribution >= 4 is 11.0 Å². The molecule has 0 atom stereocenters. The molecule has 0 radical (unpaired) electrons. The topological polar surface area (TPSA) is 31.9 Å². The van der Waals surface area contributed by atoms with Crippen LogP contribution >= 0.6 is 0 Å². The first kappa shape index (κ1) is 15.5. The molecule has 2 aromatic heterocycles. The zero-order valence-electron chi connectivity index (χ0n) is 14.2. The maximum absolute atomic E-state index is 4.43. The number of aromatic nitrogens is 2. The Balaban J connectivity index is 1.75. The van der Waals surface area contributed by atoms with Crippen LogP contribution in [0.15, 0.2) is 24.5 Å². The van der Waals surface area contributed by atoms with Crippen molar-refractivity contribution in [3.63, 3.8) is 0 Å². The van der Waals surface area contributed by atoms with Crippen LogP contribution in [-0.4, -0.2) is 34.5 Å². The largest absolute Gasteiger partial charge is 0.346 e. The lowest BCUT2D eigenvalue weighted by molar-refractivity contribution is 0.0809. The van der Waals surface area contributed by atoms with Crippen molar-refractivity contribution in [3.05, 3.63) is 30.1 Å². The van der Waals surface area contributed by atoms with Gasteiger partial charge in [0, 0.05) is 23.3 Å². The van der Waals surface area contributed by atoms with E-state index in [1.54, 1.807) is 0 Å². The average molecular weight is 299 g/mol. The minimum atomic E-state index is 0.427. The zero-order valence-corrected chi connectivity index (χ0v) is 14.2. The van der Waals surface area contributed by atoms with Gasteiger partial charge in [0.25, 0.3) is 0 Å². The molecule has 0 spiro atoms. The van der Waals surface area contributed by atoms with Crippen molar-refractivity contribution < 1.29 is 0 Å². The lowest BCUT2D eigenvalue weighted by Crippen LogP contribution is -2.46. The summed E-state index contributed by atoms with van der Waals surface area (Å²) >= 11 is 0. The van der Waals surface area contributed by atoms with Gasteiger partial charge < -0.3 is 9.88 Å². The van der Waals surface area contributed by atoms with Crippen LogP contribution < -0.4 is 0 Å². The zero-order chi connectivity index (χ0) is 15.6. The van der Waals surface area contributed by atoms with Crippen LogP contribution in [-0.2, 0) is 0 Å². The molecule has 3 heteroatoms. The van der Waals surface area contributed by atoms with Crippen LogP contribution in [0.2, 0.25) is 0 Å². The minimum Gasteiger partial charge on any atom is -0.346 e. The van der Waals surface area contributed by atoms with Gasteiger partial charge in [-0.1, -0.05) is 19.8 Å². The van der Waals surface area contributed by atoms with E-state index in [0.29, 0.717) is 11.5 Å². The molecule has 0 amide bonds. The Bertz CT molecular complexity index is 606.